The number of β-amino-alcohol motifs (C(OH)–C–C–N with tert-alkyl or cyclic N) is 1. The standard InChI is InChI=1S/C9H14ClN3O/c1-6-11-8(10)9(12(6)2)13-4-3-7(14)5-13/h7,14H,3-5H2,1-2H3. The van der Waals surface area contributed by atoms with E-state index in [4.69, 9.17) is 11.6 Å². The van der Waals surface area contributed by atoms with Gasteiger partial charge in [0, 0.05) is 20.1 Å². The number of aromatic nitrogens is 2. The molecule has 0 aliphatic carbocycles. The van der Waals surface area contributed by atoms with Gasteiger partial charge in [0.25, 0.3) is 0 Å². The molecule has 0 spiro atoms. The summed E-state index contributed by atoms with van der Waals surface area (Å²) in [5.74, 6) is 1.81. The summed E-state index contributed by atoms with van der Waals surface area (Å²) >= 11 is 6.02. The predicted octanol–water partition coefficient (Wildman–Crippen LogP) is 0.953. The molecule has 0 aromatic carbocycles. The highest BCUT2D eigenvalue weighted by Gasteiger charge is 2.25. The molecule has 1 aromatic heterocycles. The zero-order valence-corrected chi connectivity index (χ0v) is 9.12. The maximum atomic E-state index is 9.44. The van der Waals surface area contributed by atoms with E-state index in [2.05, 4.69) is 9.88 Å². The fourth-order valence-corrected chi connectivity index (χ4v) is 2.20. The molecule has 2 rings (SSSR count). The van der Waals surface area contributed by atoms with E-state index in [1.165, 1.54) is 0 Å². The Morgan fingerprint density at radius 1 is 1.57 bits per heavy atom. The van der Waals surface area contributed by atoms with Crippen molar-refractivity contribution >= 4 is 17.4 Å². The van der Waals surface area contributed by atoms with E-state index in [1.54, 1.807) is 0 Å². The van der Waals surface area contributed by atoms with E-state index >= 15 is 0 Å². The quantitative estimate of drug-likeness (QED) is 0.759. The lowest BCUT2D eigenvalue weighted by atomic mass is 10.3. The van der Waals surface area contributed by atoms with Crippen molar-refractivity contribution in [3.05, 3.63) is 11.0 Å². The summed E-state index contributed by atoms with van der Waals surface area (Å²) in [6, 6.07) is 0. The lowest BCUT2D eigenvalue weighted by Gasteiger charge is -2.18. The predicted molar refractivity (Wildman–Crippen MR) is 55.8 cm³/mol. The molecule has 4 nitrogen and oxygen atoms in total. The van der Waals surface area contributed by atoms with Gasteiger partial charge in [0.05, 0.1) is 6.10 Å². The number of anilines is 1. The van der Waals surface area contributed by atoms with Crippen LogP contribution in [0.25, 0.3) is 0 Å². The average molecular weight is 216 g/mol. The zero-order chi connectivity index (χ0) is 10.3. The lowest BCUT2D eigenvalue weighted by Crippen LogP contribution is -2.23. The second kappa shape index (κ2) is 3.44. The summed E-state index contributed by atoms with van der Waals surface area (Å²) in [6.07, 6.45) is 0.571. The van der Waals surface area contributed by atoms with Crippen molar-refractivity contribution in [1.29, 1.82) is 0 Å². The van der Waals surface area contributed by atoms with Crippen LogP contribution >= 0.6 is 11.6 Å². The third-order valence-corrected chi connectivity index (χ3v) is 2.96. The first kappa shape index (κ1) is 9.80. The molecule has 1 aliphatic heterocycles. The third kappa shape index (κ3) is 1.48. The molecular weight excluding hydrogens is 202 g/mol. The van der Waals surface area contributed by atoms with E-state index in [-0.39, 0.29) is 6.10 Å². The molecule has 0 radical (unpaired) electrons. The fraction of sp³-hybridized carbons (Fsp3) is 0.667. The number of imidazole rings is 1. The van der Waals surface area contributed by atoms with Crippen LogP contribution in [0.2, 0.25) is 5.15 Å². The van der Waals surface area contributed by atoms with Crippen molar-refractivity contribution in [2.45, 2.75) is 19.4 Å². The molecule has 78 valence electrons. The van der Waals surface area contributed by atoms with Gasteiger partial charge in [-0.2, -0.15) is 0 Å². The SMILES string of the molecule is Cc1nc(Cl)c(N2CCC(O)C2)n1C. The third-order valence-electron chi connectivity index (χ3n) is 2.71. The number of aliphatic hydroxyl groups excluding tert-OH is 1. The fourth-order valence-electron chi connectivity index (χ4n) is 1.84. The Morgan fingerprint density at radius 2 is 2.29 bits per heavy atom. The Balaban J connectivity index is 2.31. The number of halogens is 1. The number of nitrogens with zero attached hydrogens (tertiary/aromatic N) is 3. The minimum Gasteiger partial charge on any atom is -0.391 e. The first-order chi connectivity index (χ1) is 6.59. The summed E-state index contributed by atoms with van der Waals surface area (Å²) in [4.78, 5) is 6.26. The molecule has 1 N–H and O–H groups in total. The van der Waals surface area contributed by atoms with Gasteiger partial charge < -0.3 is 14.6 Å². The molecule has 0 bridgehead atoms. The molecule has 0 amide bonds. The zero-order valence-electron chi connectivity index (χ0n) is 8.37. The van der Waals surface area contributed by atoms with Crippen LogP contribution in [0, 0.1) is 6.92 Å². The molecule has 1 atom stereocenters. The van der Waals surface area contributed by atoms with Gasteiger partial charge in [0.15, 0.2) is 5.15 Å². The van der Waals surface area contributed by atoms with Crippen LogP contribution in [-0.2, 0) is 7.05 Å². The molecular formula is C9H14ClN3O. The molecule has 1 unspecified atom stereocenters. The van der Waals surface area contributed by atoms with Crippen LogP contribution in [0.15, 0.2) is 0 Å². The van der Waals surface area contributed by atoms with E-state index in [0.717, 1.165) is 24.6 Å². The molecule has 1 saturated heterocycles. The van der Waals surface area contributed by atoms with Gasteiger partial charge in [-0.15, -0.1) is 0 Å². The maximum Gasteiger partial charge on any atom is 0.171 e. The lowest BCUT2D eigenvalue weighted by molar-refractivity contribution is 0.198. The Kier molecular flexibility index (Phi) is 2.41. The topological polar surface area (TPSA) is 41.3 Å². The highest BCUT2D eigenvalue weighted by Crippen LogP contribution is 2.28. The van der Waals surface area contributed by atoms with Crippen LogP contribution in [0.5, 0.6) is 0 Å². The van der Waals surface area contributed by atoms with E-state index in [9.17, 15) is 5.11 Å². The van der Waals surface area contributed by atoms with Crippen LogP contribution in [-0.4, -0.2) is 33.9 Å². The van der Waals surface area contributed by atoms with Crippen molar-refractivity contribution in [3.8, 4) is 0 Å². The number of aryl methyl sites for hydroxylation is 1. The summed E-state index contributed by atoms with van der Waals surface area (Å²) < 4.78 is 1.96. The Hall–Kier alpha value is -0.740. The summed E-state index contributed by atoms with van der Waals surface area (Å²) in [5, 5.41) is 9.96. The van der Waals surface area contributed by atoms with Gasteiger partial charge in [0.1, 0.15) is 11.6 Å². The number of rotatable bonds is 1. The molecule has 1 fully saturated rings. The van der Waals surface area contributed by atoms with Crippen molar-refractivity contribution in [2.75, 3.05) is 18.0 Å². The minimum atomic E-state index is -0.235. The molecule has 0 saturated carbocycles. The van der Waals surface area contributed by atoms with Gasteiger partial charge >= 0.3 is 0 Å². The number of aliphatic hydroxyl groups is 1. The monoisotopic (exact) mass is 215 g/mol. The summed E-state index contributed by atoms with van der Waals surface area (Å²) in [6.45, 7) is 3.42. The largest absolute Gasteiger partial charge is 0.391 e. The first-order valence-electron chi connectivity index (χ1n) is 4.71. The van der Waals surface area contributed by atoms with Crippen molar-refractivity contribution in [1.82, 2.24) is 9.55 Å². The van der Waals surface area contributed by atoms with Crippen molar-refractivity contribution in [3.63, 3.8) is 0 Å². The second-order valence-electron chi connectivity index (χ2n) is 3.72. The summed E-state index contributed by atoms with van der Waals surface area (Å²) in [7, 11) is 1.94. The molecule has 2 heterocycles. The van der Waals surface area contributed by atoms with Gasteiger partial charge in [-0.25, -0.2) is 4.98 Å². The van der Waals surface area contributed by atoms with Crippen LogP contribution in [0.3, 0.4) is 0 Å². The average Bonchev–Trinajstić information content (AvgIpc) is 2.60. The van der Waals surface area contributed by atoms with Gasteiger partial charge in [-0.3, -0.25) is 0 Å². The number of hydrogen-bond acceptors (Lipinski definition) is 3. The molecule has 5 heteroatoms. The van der Waals surface area contributed by atoms with Crippen LogP contribution in [0.4, 0.5) is 5.82 Å². The Morgan fingerprint density at radius 3 is 2.71 bits per heavy atom. The molecule has 1 aromatic rings. The van der Waals surface area contributed by atoms with E-state index in [1.807, 2.05) is 18.5 Å². The summed E-state index contributed by atoms with van der Waals surface area (Å²) in [5.41, 5.74) is 0. The number of hydrogen-bond donors (Lipinski definition) is 1. The molecule has 14 heavy (non-hydrogen) atoms. The van der Waals surface area contributed by atoms with E-state index in [0.29, 0.717) is 11.7 Å². The smallest absolute Gasteiger partial charge is 0.171 e. The highest BCUT2D eigenvalue weighted by atomic mass is 35.5. The van der Waals surface area contributed by atoms with E-state index < -0.39 is 0 Å². The van der Waals surface area contributed by atoms with Crippen molar-refractivity contribution in [2.24, 2.45) is 7.05 Å². The minimum absolute atomic E-state index is 0.235. The first-order valence-corrected chi connectivity index (χ1v) is 5.09. The van der Waals surface area contributed by atoms with Crippen LogP contribution < -0.4 is 4.90 Å². The Labute approximate surface area is 88.1 Å². The maximum absolute atomic E-state index is 9.44. The van der Waals surface area contributed by atoms with Crippen LogP contribution in [0.1, 0.15) is 12.2 Å². The normalized spacial score (nSPS) is 22.0. The van der Waals surface area contributed by atoms with Gasteiger partial charge in [-0.05, 0) is 13.3 Å². The van der Waals surface area contributed by atoms with Gasteiger partial charge in [-0.1, -0.05) is 11.6 Å². The van der Waals surface area contributed by atoms with Crippen molar-refractivity contribution < 1.29 is 5.11 Å². The Bertz CT molecular complexity index is 350. The van der Waals surface area contributed by atoms with Gasteiger partial charge in [0.2, 0.25) is 0 Å². The second-order valence-corrected chi connectivity index (χ2v) is 4.08. The molecule has 1 aliphatic rings. The highest BCUT2D eigenvalue weighted by molar-refractivity contribution is 6.31.